The molecule has 112 valence electrons. The Hall–Kier alpha value is -0.920. The van der Waals surface area contributed by atoms with Gasteiger partial charge in [0.15, 0.2) is 0 Å². The third-order valence-electron chi connectivity index (χ3n) is 3.43. The second kappa shape index (κ2) is 5.70. The van der Waals surface area contributed by atoms with Crippen molar-refractivity contribution in [1.29, 1.82) is 0 Å². The summed E-state index contributed by atoms with van der Waals surface area (Å²) in [6.45, 7) is 13.6. The fourth-order valence-electron chi connectivity index (χ4n) is 2.08. The molecule has 0 atom stereocenters. The highest BCUT2D eigenvalue weighted by molar-refractivity contribution is 7.12. The summed E-state index contributed by atoms with van der Waals surface area (Å²) >= 11 is 8.07. The van der Waals surface area contributed by atoms with Gasteiger partial charge in [0.25, 0.3) is 0 Å². The molecule has 0 aliphatic carbocycles. The Morgan fingerprint density at radius 1 is 0.762 bits per heavy atom. The lowest BCUT2D eigenvalue weighted by molar-refractivity contribution is 0.593. The van der Waals surface area contributed by atoms with Gasteiger partial charge in [-0.3, -0.25) is 0 Å². The molecule has 0 amide bonds. The third-order valence-corrected chi connectivity index (χ3v) is 5.56. The molecule has 0 aliphatic heterocycles. The molecule has 0 N–H and O–H groups in total. The van der Waals surface area contributed by atoms with E-state index in [0.717, 1.165) is 5.02 Å². The Kier molecular flexibility index (Phi) is 4.46. The second-order valence-electron chi connectivity index (χ2n) is 7.58. The molecule has 0 fully saturated rings. The van der Waals surface area contributed by atoms with Gasteiger partial charge in [-0.1, -0.05) is 65.3 Å². The Labute approximate surface area is 137 Å². The highest BCUT2D eigenvalue weighted by Crippen LogP contribution is 2.38. The summed E-state index contributed by atoms with van der Waals surface area (Å²) in [6.07, 6.45) is 0. The predicted octanol–water partition coefficient (Wildman–Crippen LogP) is 6.94. The monoisotopic (exact) mass is 319 g/mol. The van der Waals surface area contributed by atoms with Crippen LogP contribution in [-0.4, -0.2) is 0 Å². The van der Waals surface area contributed by atoms with Gasteiger partial charge in [-0.15, -0.1) is 0 Å². The van der Waals surface area contributed by atoms with Gasteiger partial charge < -0.3 is 0 Å². The van der Waals surface area contributed by atoms with Crippen molar-refractivity contribution in [3.63, 3.8) is 0 Å². The number of halogens is 1. The van der Waals surface area contributed by atoms with E-state index in [1.54, 1.807) is 0 Å². The first-order valence-electron chi connectivity index (χ1n) is 7.32. The van der Waals surface area contributed by atoms with E-state index in [-0.39, 0.29) is 10.8 Å². The maximum Gasteiger partial charge on any atom is 0.219 e. The SMILES string of the molecule is CC(C)(C)c1cc(-c2cccc(Cl)c2)cc(C(C)(C)C)[s+]1. The maximum atomic E-state index is 6.16. The molecule has 0 saturated heterocycles. The molecule has 0 nitrogen and oxygen atoms in total. The molecule has 0 unspecified atom stereocenters. The van der Waals surface area contributed by atoms with Gasteiger partial charge in [0.2, 0.25) is 21.1 Å². The predicted molar refractivity (Wildman–Crippen MR) is 96.6 cm³/mol. The molecule has 0 saturated carbocycles. The summed E-state index contributed by atoms with van der Waals surface area (Å²) in [5.74, 6) is 0. The van der Waals surface area contributed by atoms with Crippen LogP contribution in [0.25, 0.3) is 11.1 Å². The lowest BCUT2D eigenvalue weighted by Gasteiger charge is -2.16. The molecule has 1 aromatic heterocycles. The fraction of sp³-hybridized carbons (Fsp3) is 0.421. The smallest absolute Gasteiger partial charge is 0.0843 e. The number of hydrogen-bond acceptors (Lipinski definition) is 0. The summed E-state index contributed by atoms with van der Waals surface area (Å²) in [7, 11) is 0. The van der Waals surface area contributed by atoms with E-state index in [2.05, 4.69) is 59.7 Å². The third kappa shape index (κ3) is 4.05. The molecule has 0 spiro atoms. The molecule has 0 bridgehead atoms. The van der Waals surface area contributed by atoms with Gasteiger partial charge in [-0.25, -0.2) is 0 Å². The van der Waals surface area contributed by atoms with Crippen molar-refractivity contribution in [1.82, 2.24) is 0 Å². The van der Waals surface area contributed by atoms with Crippen molar-refractivity contribution < 1.29 is 0 Å². The van der Waals surface area contributed by atoms with E-state index in [1.807, 2.05) is 29.5 Å². The minimum atomic E-state index is 0.152. The standard InChI is InChI=1S/C19H24ClS/c1-18(2,3)16-11-14(12-17(21-16)19(4,5)6)13-8-7-9-15(20)10-13/h7-12H,1-6H3/q+1. The summed E-state index contributed by atoms with van der Waals surface area (Å²) in [5, 5.41) is 0.787. The van der Waals surface area contributed by atoms with E-state index < -0.39 is 0 Å². The van der Waals surface area contributed by atoms with Crippen LogP contribution in [0.3, 0.4) is 0 Å². The molecule has 2 heteroatoms. The zero-order chi connectivity index (χ0) is 15.8. The minimum Gasteiger partial charge on any atom is -0.0843 e. The average Bonchev–Trinajstić information content (AvgIpc) is 2.36. The molecule has 21 heavy (non-hydrogen) atoms. The first-order chi connectivity index (χ1) is 9.57. The van der Waals surface area contributed by atoms with Crippen molar-refractivity contribution >= 4 is 22.9 Å². The Morgan fingerprint density at radius 3 is 1.71 bits per heavy atom. The average molecular weight is 320 g/mol. The number of hydrogen-bond donors (Lipinski definition) is 0. The zero-order valence-corrected chi connectivity index (χ0v) is 15.3. The molecule has 0 radical (unpaired) electrons. The van der Waals surface area contributed by atoms with Crippen LogP contribution in [0, 0.1) is 0 Å². The van der Waals surface area contributed by atoms with Crippen molar-refractivity contribution in [2.24, 2.45) is 0 Å². The molecule has 1 heterocycles. The topological polar surface area (TPSA) is 0 Å². The van der Waals surface area contributed by atoms with Gasteiger partial charge in [0, 0.05) is 28.0 Å². The maximum absolute atomic E-state index is 6.16. The molecule has 2 aromatic rings. The van der Waals surface area contributed by atoms with E-state index >= 15 is 0 Å². The van der Waals surface area contributed by atoms with Gasteiger partial charge in [-0.2, -0.15) is 0 Å². The van der Waals surface area contributed by atoms with Crippen molar-refractivity contribution in [2.45, 2.75) is 52.4 Å². The fourth-order valence-corrected chi connectivity index (χ4v) is 3.49. The molecular formula is C19H24ClS+. The molecule has 1 aromatic carbocycles. The van der Waals surface area contributed by atoms with Crippen LogP contribution in [-0.2, 0) is 10.8 Å². The molecule has 2 rings (SSSR count). The van der Waals surface area contributed by atoms with Crippen molar-refractivity contribution in [3.05, 3.63) is 51.2 Å². The van der Waals surface area contributed by atoms with Gasteiger partial charge in [-0.05, 0) is 23.3 Å². The number of benzene rings is 1. The normalized spacial score (nSPS) is 12.5. The van der Waals surface area contributed by atoms with E-state index in [4.69, 9.17) is 11.6 Å². The van der Waals surface area contributed by atoms with Crippen molar-refractivity contribution in [3.8, 4) is 11.1 Å². The van der Waals surface area contributed by atoms with E-state index in [9.17, 15) is 0 Å². The van der Waals surface area contributed by atoms with Gasteiger partial charge in [0.1, 0.15) is 0 Å². The molecule has 0 aliphatic rings. The highest BCUT2D eigenvalue weighted by Gasteiger charge is 2.32. The van der Waals surface area contributed by atoms with Crippen LogP contribution in [0.2, 0.25) is 5.02 Å². The van der Waals surface area contributed by atoms with Gasteiger partial charge >= 0.3 is 0 Å². The van der Waals surface area contributed by atoms with Crippen LogP contribution >= 0.6 is 22.9 Å². The number of rotatable bonds is 1. The van der Waals surface area contributed by atoms with Crippen LogP contribution in [0.4, 0.5) is 0 Å². The van der Waals surface area contributed by atoms with E-state index in [1.165, 1.54) is 20.9 Å². The quantitative estimate of drug-likeness (QED) is 0.499. The summed E-state index contributed by atoms with van der Waals surface area (Å²) in [6, 6.07) is 12.7. The van der Waals surface area contributed by atoms with Crippen LogP contribution in [0.1, 0.15) is 51.3 Å². The summed E-state index contributed by atoms with van der Waals surface area (Å²) in [4.78, 5) is 2.81. The summed E-state index contributed by atoms with van der Waals surface area (Å²) < 4.78 is 0. The Bertz CT molecular complexity index is 613. The Morgan fingerprint density at radius 2 is 1.29 bits per heavy atom. The van der Waals surface area contributed by atoms with Gasteiger partial charge in [0.05, 0.1) is 0 Å². The zero-order valence-electron chi connectivity index (χ0n) is 13.8. The minimum absolute atomic E-state index is 0.152. The van der Waals surface area contributed by atoms with Crippen LogP contribution in [0.5, 0.6) is 0 Å². The largest absolute Gasteiger partial charge is 0.219 e. The van der Waals surface area contributed by atoms with E-state index in [0.29, 0.717) is 0 Å². The highest BCUT2D eigenvalue weighted by atomic mass is 35.5. The molecular weight excluding hydrogens is 296 g/mol. The van der Waals surface area contributed by atoms with Crippen LogP contribution < -0.4 is 0 Å². The first kappa shape index (κ1) is 16.5. The lowest BCUT2D eigenvalue weighted by atomic mass is 9.90. The first-order valence-corrected chi connectivity index (χ1v) is 8.52. The second-order valence-corrected chi connectivity index (χ2v) is 9.11. The summed E-state index contributed by atoms with van der Waals surface area (Å²) in [5.41, 5.74) is 2.75. The van der Waals surface area contributed by atoms with Crippen molar-refractivity contribution in [2.75, 3.05) is 0 Å². The van der Waals surface area contributed by atoms with Crippen LogP contribution in [0.15, 0.2) is 36.4 Å². The lowest BCUT2D eigenvalue weighted by Crippen LogP contribution is -2.14. The Balaban J connectivity index is 2.66.